The van der Waals surface area contributed by atoms with E-state index < -0.39 is 18.2 Å². The van der Waals surface area contributed by atoms with Gasteiger partial charge in [-0.15, -0.1) is 0 Å². The number of rotatable bonds is 8. The third-order valence-electron chi connectivity index (χ3n) is 10.3. The third kappa shape index (κ3) is 7.51. The average molecular weight is 651 g/mol. The highest BCUT2D eigenvalue weighted by Crippen LogP contribution is 2.52. The molecule has 2 atom stereocenters. The van der Waals surface area contributed by atoms with Crippen molar-refractivity contribution in [3.63, 3.8) is 0 Å². The molecule has 3 aromatic rings. The number of pyridine rings is 1. The molecule has 2 fully saturated rings. The summed E-state index contributed by atoms with van der Waals surface area (Å²) in [6, 6.07) is 7.45. The van der Waals surface area contributed by atoms with Gasteiger partial charge in [-0.2, -0.15) is 0 Å². The van der Waals surface area contributed by atoms with Gasteiger partial charge < -0.3 is 14.7 Å². The molecular formula is C38H49F3N4O2. The minimum absolute atomic E-state index is 0.0278. The van der Waals surface area contributed by atoms with E-state index in [1.54, 1.807) is 0 Å². The van der Waals surface area contributed by atoms with E-state index in [4.69, 9.17) is 9.72 Å². The number of aliphatic hydroxyl groups excluding tert-OH is 1. The molecule has 6 nitrogen and oxygen atoms in total. The van der Waals surface area contributed by atoms with Gasteiger partial charge in [-0.25, -0.2) is 23.1 Å². The second kappa shape index (κ2) is 13.5. The van der Waals surface area contributed by atoms with E-state index >= 15 is 4.39 Å². The van der Waals surface area contributed by atoms with Gasteiger partial charge in [0.25, 0.3) is 0 Å². The highest BCUT2D eigenvalue weighted by atomic mass is 19.3. The van der Waals surface area contributed by atoms with Crippen LogP contribution in [0.25, 0.3) is 0 Å². The Hall–Kier alpha value is -3.04. The molecule has 0 unspecified atom stereocenters. The number of halogens is 3. The number of hydrogen-bond acceptors (Lipinski definition) is 6. The van der Waals surface area contributed by atoms with E-state index in [1.165, 1.54) is 0 Å². The van der Waals surface area contributed by atoms with Crippen LogP contribution in [0.2, 0.25) is 0 Å². The van der Waals surface area contributed by atoms with Gasteiger partial charge in [0, 0.05) is 66.6 Å². The molecule has 0 amide bonds. The first-order valence-electron chi connectivity index (χ1n) is 17.3. The van der Waals surface area contributed by atoms with E-state index in [9.17, 15) is 13.9 Å². The molecule has 2 aliphatic carbocycles. The zero-order valence-electron chi connectivity index (χ0n) is 28.4. The second-order valence-corrected chi connectivity index (χ2v) is 15.2. The fourth-order valence-corrected chi connectivity index (χ4v) is 7.81. The van der Waals surface area contributed by atoms with Crippen molar-refractivity contribution in [1.82, 2.24) is 15.0 Å². The Morgan fingerprint density at radius 3 is 2.21 bits per heavy atom. The molecule has 9 heteroatoms. The van der Waals surface area contributed by atoms with E-state index in [2.05, 4.69) is 28.7 Å². The van der Waals surface area contributed by atoms with Crippen LogP contribution in [0.3, 0.4) is 0 Å². The van der Waals surface area contributed by atoms with E-state index in [0.717, 1.165) is 40.9 Å². The van der Waals surface area contributed by atoms with Gasteiger partial charge >= 0.3 is 0 Å². The summed E-state index contributed by atoms with van der Waals surface area (Å²) in [7, 11) is 0. The zero-order chi connectivity index (χ0) is 33.5. The van der Waals surface area contributed by atoms with Gasteiger partial charge in [0.15, 0.2) is 6.17 Å². The molecule has 1 aliphatic heterocycles. The maximum Gasteiger partial charge on any atom is 0.248 e. The highest BCUT2D eigenvalue weighted by molar-refractivity contribution is 5.51. The summed E-state index contributed by atoms with van der Waals surface area (Å²) in [6.45, 7) is 12.0. The van der Waals surface area contributed by atoms with Gasteiger partial charge in [-0.05, 0) is 81.8 Å². The molecule has 0 spiro atoms. The number of alkyl halides is 3. The molecule has 1 aromatic carbocycles. The number of anilines is 1. The summed E-state index contributed by atoms with van der Waals surface area (Å²) in [4.78, 5) is 16.6. The van der Waals surface area contributed by atoms with Crippen LogP contribution in [-0.2, 0) is 17.8 Å². The molecule has 47 heavy (non-hydrogen) atoms. The summed E-state index contributed by atoms with van der Waals surface area (Å²) in [6.07, 6.45) is 4.16. The monoisotopic (exact) mass is 650 g/mol. The van der Waals surface area contributed by atoms with Crippen LogP contribution in [0.5, 0.6) is 0 Å². The molecule has 3 aliphatic rings. The maximum absolute atomic E-state index is 17.2. The minimum Gasteiger partial charge on any atom is -0.388 e. The number of fused-ring (bicyclic) bond motifs is 1. The average Bonchev–Trinajstić information content (AvgIpc) is 3.03. The standard InChI is InChI=1S/C38H49F3N4O2/c1-23(2)47-22-25-20-42-36(43-21-25)45-16-12-28(13-17-45)35-33(34(39)27-8-6-24(3)7-9-27)31(26-10-14-38(40,41)15-11-26)32-29(44-35)18-37(4,5)19-30(32)46/h6-9,20-21,23,26,28,30,34,46H,10-19,22H2,1-5H3/t30-,34-/m0/s1. The predicted molar refractivity (Wildman–Crippen MR) is 178 cm³/mol. The zero-order valence-corrected chi connectivity index (χ0v) is 28.4. The number of aliphatic hydroxyl groups is 1. The lowest BCUT2D eigenvalue weighted by Crippen LogP contribution is -2.36. The molecule has 2 aromatic heterocycles. The first-order chi connectivity index (χ1) is 22.3. The maximum atomic E-state index is 17.2. The SMILES string of the molecule is Cc1ccc([C@H](F)c2c(C3CCN(c4ncc(COC(C)C)cn4)CC3)nc3c(c2C2CCC(F)(F)CC2)[C@@H](O)CC(C)(C)C3)cc1. The lowest BCUT2D eigenvalue weighted by Gasteiger charge is -2.41. The minimum atomic E-state index is -2.71. The Balaban J connectivity index is 1.39. The Bertz CT molecular complexity index is 1530. The number of ether oxygens (including phenoxy) is 1. The van der Waals surface area contributed by atoms with Crippen LogP contribution in [-0.4, -0.2) is 45.2 Å². The Morgan fingerprint density at radius 2 is 1.60 bits per heavy atom. The van der Waals surface area contributed by atoms with Gasteiger partial charge in [-0.1, -0.05) is 43.7 Å². The lowest BCUT2D eigenvalue weighted by molar-refractivity contribution is -0.0385. The van der Waals surface area contributed by atoms with Crippen LogP contribution in [0.15, 0.2) is 36.7 Å². The third-order valence-corrected chi connectivity index (χ3v) is 10.3. The van der Waals surface area contributed by atoms with Gasteiger partial charge in [0.05, 0.1) is 24.5 Å². The Morgan fingerprint density at radius 1 is 0.957 bits per heavy atom. The summed E-state index contributed by atoms with van der Waals surface area (Å²) < 4.78 is 51.8. The lowest BCUT2D eigenvalue weighted by atomic mass is 9.68. The van der Waals surface area contributed by atoms with E-state index in [0.29, 0.717) is 55.2 Å². The topological polar surface area (TPSA) is 71.4 Å². The van der Waals surface area contributed by atoms with Crippen molar-refractivity contribution in [3.05, 3.63) is 81.4 Å². The molecule has 254 valence electrons. The van der Waals surface area contributed by atoms with Crippen molar-refractivity contribution in [2.24, 2.45) is 5.41 Å². The molecule has 0 bridgehead atoms. The Labute approximate surface area is 277 Å². The van der Waals surface area contributed by atoms with Crippen LogP contribution in [0.1, 0.15) is 142 Å². The van der Waals surface area contributed by atoms with Crippen molar-refractivity contribution in [3.8, 4) is 0 Å². The van der Waals surface area contributed by atoms with Crippen LogP contribution >= 0.6 is 0 Å². The summed E-state index contributed by atoms with van der Waals surface area (Å²) in [5, 5.41) is 11.6. The largest absolute Gasteiger partial charge is 0.388 e. The van der Waals surface area contributed by atoms with Crippen LogP contribution in [0, 0.1) is 12.3 Å². The molecule has 1 saturated heterocycles. The van der Waals surface area contributed by atoms with Gasteiger partial charge in [0.2, 0.25) is 11.9 Å². The smallest absolute Gasteiger partial charge is 0.248 e. The number of benzene rings is 1. The van der Waals surface area contributed by atoms with Crippen molar-refractivity contribution in [1.29, 1.82) is 0 Å². The number of hydrogen-bond donors (Lipinski definition) is 1. The summed E-state index contributed by atoms with van der Waals surface area (Å²) >= 11 is 0. The molecule has 6 rings (SSSR count). The predicted octanol–water partition coefficient (Wildman–Crippen LogP) is 8.85. The van der Waals surface area contributed by atoms with E-state index in [1.807, 2.05) is 57.4 Å². The fourth-order valence-electron chi connectivity index (χ4n) is 7.81. The molecule has 1 N–H and O–H groups in total. The van der Waals surface area contributed by atoms with Crippen molar-refractivity contribution in [2.45, 2.75) is 129 Å². The van der Waals surface area contributed by atoms with Gasteiger partial charge in [0.1, 0.15) is 0 Å². The molecule has 1 saturated carbocycles. The highest BCUT2D eigenvalue weighted by Gasteiger charge is 2.43. The second-order valence-electron chi connectivity index (χ2n) is 15.2. The normalized spacial score (nSPS) is 22.3. The first kappa shape index (κ1) is 33.8. The van der Waals surface area contributed by atoms with Crippen molar-refractivity contribution >= 4 is 5.95 Å². The van der Waals surface area contributed by atoms with Gasteiger partial charge in [-0.3, -0.25) is 4.98 Å². The van der Waals surface area contributed by atoms with Crippen LogP contribution < -0.4 is 4.90 Å². The fraction of sp³-hybridized carbons (Fsp3) is 0.605. The Kier molecular flexibility index (Phi) is 9.69. The number of piperidine rings is 1. The quantitative estimate of drug-likeness (QED) is 0.263. The van der Waals surface area contributed by atoms with Crippen molar-refractivity contribution < 1.29 is 23.0 Å². The molecular weight excluding hydrogens is 601 g/mol. The number of aryl methyl sites for hydroxylation is 1. The van der Waals surface area contributed by atoms with Crippen LogP contribution in [0.4, 0.5) is 19.1 Å². The summed E-state index contributed by atoms with van der Waals surface area (Å²) in [5.41, 5.74) is 5.79. The van der Waals surface area contributed by atoms with Crippen molar-refractivity contribution in [2.75, 3.05) is 18.0 Å². The molecule has 3 heterocycles. The van der Waals surface area contributed by atoms with E-state index in [-0.39, 0.29) is 49.0 Å². The number of aromatic nitrogens is 3. The summed E-state index contributed by atoms with van der Waals surface area (Å²) in [5.74, 6) is -2.34. The first-order valence-corrected chi connectivity index (χ1v) is 17.3. The molecule has 0 radical (unpaired) electrons. The number of nitrogens with zero attached hydrogens (tertiary/aromatic N) is 4.